The number of rotatable bonds is 1. The Kier molecular flexibility index (Phi) is 3.61. The van der Waals surface area contributed by atoms with Crippen LogP contribution in [-0.4, -0.2) is 12.7 Å². The van der Waals surface area contributed by atoms with Gasteiger partial charge in [-0.3, -0.25) is 0 Å². The summed E-state index contributed by atoms with van der Waals surface area (Å²) in [6.45, 7) is 0.374. The summed E-state index contributed by atoms with van der Waals surface area (Å²) in [4.78, 5) is 10.7. The van der Waals surface area contributed by atoms with Crippen LogP contribution >= 0.6 is 24.0 Å². The fourth-order valence-corrected chi connectivity index (χ4v) is 1.49. The summed E-state index contributed by atoms with van der Waals surface area (Å²) >= 11 is 5.81. The van der Waals surface area contributed by atoms with Gasteiger partial charge in [-0.2, -0.15) is 0 Å². The highest BCUT2D eigenvalue weighted by Crippen LogP contribution is 2.20. The lowest BCUT2D eigenvalue weighted by Gasteiger charge is -2.06. The van der Waals surface area contributed by atoms with Crippen LogP contribution in [0, 0.1) is 0 Å². The molecule has 1 aliphatic rings. The zero-order valence-electron chi connectivity index (χ0n) is 7.20. The van der Waals surface area contributed by atoms with E-state index < -0.39 is 0 Å². The van der Waals surface area contributed by atoms with Gasteiger partial charge in [0.2, 0.25) is 0 Å². The molecule has 76 valence electrons. The third-order valence-electron chi connectivity index (χ3n) is 1.92. The van der Waals surface area contributed by atoms with Crippen molar-refractivity contribution in [2.45, 2.75) is 6.04 Å². The number of hydrogen-bond acceptors (Lipinski definition) is 2. The Labute approximate surface area is 92.8 Å². The van der Waals surface area contributed by atoms with Crippen molar-refractivity contribution in [1.82, 2.24) is 5.32 Å². The first-order valence-corrected chi connectivity index (χ1v) is 4.32. The van der Waals surface area contributed by atoms with Crippen molar-refractivity contribution in [2.24, 2.45) is 0 Å². The predicted octanol–water partition coefficient (Wildman–Crippen LogP) is 2.54. The SMILES string of the molecule is Cl.O=C1N[C@@H](c2cccc(Cl)c2)CO1. The summed E-state index contributed by atoms with van der Waals surface area (Å²) in [6, 6.07) is 7.31. The second-order valence-electron chi connectivity index (χ2n) is 2.85. The summed E-state index contributed by atoms with van der Waals surface area (Å²) in [5, 5.41) is 3.34. The summed E-state index contributed by atoms with van der Waals surface area (Å²) < 4.78 is 4.77. The molecule has 1 amide bonds. The smallest absolute Gasteiger partial charge is 0.407 e. The maximum atomic E-state index is 10.7. The number of ether oxygens (including phenoxy) is 1. The highest BCUT2D eigenvalue weighted by Gasteiger charge is 2.23. The topological polar surface area (TPSA) is 38.3 Å². The van der Waals surface area contributed by atoms with Gasteiger partial charge in [-0.15, -0.1) is 12.4 Å². The predicted molar refractivity (Wildman–Crippen MR) is 55.9 cm³/mol. The van der Waals surface area contributed by atoms with Gasteiger partial charge in [0, 0.05) is 5.02 Å². The molecule has 2 rings (SSSR count). The first kappa shape index (κ1) is 11.1. The normalized spacial score (nSPS) is 19.5. The molecule has 5 heteroatoms. The minimum absolute atomic E-state index is 0. The molecule has 0 bridgehead atoms. The maximum absolute atomic E-state index is 10.7. The number of benzene rings is 1. The molecule has 0 unspecified atom stereocenters. The number of cyclic esters (lactones) is 1. The molecule has 14 heavy (non-hydrogen) atoms. The lowest BCUT2D eigenvalue weighted by atomic mass is 10.1. The Morgan fingerprint density at radius 1 is 1.50 bits per heavy atom. The van der Waals surface area contributed by atoms with Crippen molar-refractivity contribution in [2.75, 3.05) is 6.61 Å². The van der Waals surface area contributed by atoms with Gasteiger partial charge >= 0.3 is 6.09 Å². The van der Waals surface area contributed by atoms with Crippen LogP contribution in [0.4, 0.5) is 4.79 Å². The van der Waals surface area contributed by atoms with E-state index in [1.54, 1.807) is 6.07 Å². The summed E-state index contributed by atoms with van der Waals surface area (Å²) in [5.74, 6) is 0. The average Bonchev–Trinajstić information content (AvgIpc) is 2.52. The first-order valence-electron chi connectivity index (χ1n) is 3.94. The molecular formula is C9H9Cl2NO2. The molecule has 1 N–H and O–H groups in total. The van der Waals surface area contributed by atoms with E-state index in [1.165, 1.54) is 0 Å². The minimum Gasteiger partial charge on any atom is -0.447 e. The summed E-state index contributed by atoms with van der Waals surface area (Å²) in [7, 11) is 0. The third-order valence-corrected chi connectivity index (χ3v) is 2.16. The van der Waals surface area contributed by atoms with E-state index in [2.05, 4.69) is 5.32 Å². The van der Waals surface area contributed by atoms with E-state index >= 15 is 0 Å². The Morgan fingerprint density at radius 3 is 2.86 bits per heavy atom. The number of nitrogens with one attached hydrogen (secondary N) is 1. The van der Waals surface area contributed by atoms with Crippen LogP contribution in [0.3, 0.4) is 0 Å². The first-order chi connectivity index (χ1) is 6.25. The molecule has 0 spiro atoms. The number of halogens is 2. The minimum atomic E-state index is -0.370. The lowest BCUT2D eigenvalue weighted by molar-refractivity contribution is 0.177. The van der Waals surface area contributed by atoms with Gasteiger partial charge in [0.05, 0.1) is 6.04 Å². The molecule has 1 heterocycles. The van der Waals surface area contributed by atoms with E-state index in [4.69, 9.17) is 16.3 Å². The van der Waals surface area contributed by atoms with Crippen LogP contribution in [0.5, 0.6) is 0 Å². The van der Waals surface area contributed by atoms with Crippen LogP contribution in [0.2, 0.25) is 5.02 Å². The molecule has 0 radical (unpaired) electrons. The fourth-order valence-electron chi connectivity index (χ4n) is 1.29. The number of hydrogen-bond donors (Lipinski definition) is 1. The van der Waals surface area contributed by atoms with Crippen molar-refractivity contribution < 1.29 is 9.53 Å². The summed E-state index contributed by atoms with van der Waals surface area (Å²) in [6.07, 6.45) is -0.370. The monoisotopic (exact) mass is 233 g/mol. The number of carbonyl (C=O) groups is 1. The van der Waals surface area contributed by atoms with Crippen molar-refractivity contribution in [3.05, 3.63) is 34.9 Å². The zero-order chi connectivity index (χ0) is 9.26. The number of alkyl carbamates (subject to hydrolysis) is 1. The molecule has 1 aromatic carbocycles. The third kappa shape index (κ3) is 2.30. The molecular weight excluding hydrogens is 225 g/mol. The number of carbonyl (C=O) groups excluding carboxylic acids is 1. The molecule has 0 saturated carbocycles. The van der Waals surface area contributed by atoms with E-state index in [0.29, 0.717) is 11.6 Å². The van der Waals surface area contributed by atoms with Crippen molar-refractivity contribution in [3.63, 3.8) is 0 Å². The van der Waals surface area contributed by atoms with E-state index in [1.807, 2.05) is 18.2 Å². The molecule has 1 atom stereocenters. The van der Waals surface area contributed by atoms with Crippen molar-refractivity contribution >= 4 is 30.1 Å². The van der Waals surface area contributed by atoms with Crippen LogP contribution in [0.25, 0.3) is 0 Å². The molecule has 0 aromatic heterocycles. The Bertz CT molecular complexity index is 343. The molecule has 1 saturated heterocycles. The molecule has 3 nitrogen and oxygen atoms in total. The molecule has 1 aliphatic heterocycles. The molecule has 1 fully saturated rings. The zero-order valence-corrected chi connectivity index (χ0v) is 8.77. The van der Waals surface area contributed by atoms with Gasteiger partial charge in [-0.1, -0.05) is 23.7 Å². The number of amides is 1. The Balaban J connectivity index is 0.000000980. The van der Waals surface area contributed by atoms with Gasteiger partial charge in [0.15, 0.2) is 0 Å². The lowest BCUT2D eigenvalue weighted by Crippen LogP contribution is -2.18. The van der Waals surface area contributed by atoms with Gasteiger partial charge in [0.25, 0.3) is 0 Å². The van der Waals surface area contributed by atoms with Crippen LogP contribution in [-0.2, 0) is 4.74 Å². The van der Waals surface area contributed by atoms with Crippen LogP contribution < -0.4 is 5.32 Å². The fraction of sp³-hybridized carbons (Fsp3) is 0.222. The largest absolute Gasteiger partial charge is 0.447 e. The Morgan fingerprint density at radius 2 is 2.29 bits per heavy atom. The standard InChI is InChI=1S/C9H8ClNO2.ClH/c10-7-3-1-2-6(4-7)8-5-13-9(12)11-8;/h1-4,8H,5H2,(H,11,12);1H/t8-;/m1./s1. The highest BCUT2D eigenvalue weighted by atomic mass is 35.5. The van der Waals surface area contributed by atoms with Gasteiger partial charge in [0.1, 0.15) is 6.61 Å². The van der Waals surface area contributed by atoms with Crippen molar-refractivity contribution in [1.29, 1.82) is 0 Å². The van der Waals surface area contributed by atoms with Crippen LogP contribution in [0.1, 0.15) is 11.6 Å². The quantitative estimate of drug-likeness (QED) is 0.810. The molecule has 1 aromatic rings. The van der Waals surface area contributed by atoms with Gasteiger partial charge in [-0.25, -0.2) is 4.79 Å². The molecule has 0 aliphatic carbocycles. The second-order valence-corrected chi connectivity index (χ2v) is 3.29. The second kappa shape index (κ2) is 4.53. The average molecular weight is 234 g/mol. The summed E-state index contributed by atoms with van der Waals surface area (Å²) in [5.41, 5.74) is 0.971. The van der Waals surface area contributed by atoms with Gasteiger partial charge < -0.3 is 10.1 Å². The van der Waals surface area contributed by atoms with Gasteiger partial charge in [-0.05, 0) is 17.7 Å². The van der Waals surface area contributed by atoms with E-state index in [-0.39, 0.29) is 24.5 Å². The van der Waals surface area contributed by atoms with E-state index in [9.17, 15) is 4.79 Å². The van der Waals surface area contributed by atoms with Crippen molar-refractivity contribution in [3.8, 4) is 0 Å². The van der Waals surface area contributed by atoms with E-state index in [0.717, 1.165) is 5.56 Å². The van der Waals surface area contributed by atoms with Crippen LogP contribution in [0.15, 0.2) is 24.3 Å². The highest BCUT2D eigenvalue weighted by molar-refractivity contribution is 6.30. The maximum Gasteiger partial charge on any atom is 0.407 e. The Hall–Kier alpha value is -0.930.